The highest BCUT2D eigenvalue weighted by Crippen LogP contribution is 2.63. The molecule has 3 fully saturated rings. The normalized spacial score (nSPS) is 25.7. The number of amides is 4. The Morgan fingerprint density at radius 1 is 0.839 bits per heavy atom. The zero-order valence-electron chi connectivity index (χ0n) is 30.9. The molecule has 0 radical (unpaired) electrons. The smallest absolute Gasteiger partial charge is 0.241 e. The van der Waals surface area contributed by atoms with Crippen LogP contribution in [0.1, 0.15) is 31.2 Å². The summed E-state index contributed by atoms with van der Waals surface area (Å²) in [5, 5.41) is 17.7. The number of ether oxygens (including phenoxy) is 1. The molecule has 4 aromatic carbocycles. The summed E-state index contributed by atoms with van der Waals surface area (Å²) in [7, 11) is 3.91. The quantitative estimate of drug-likeness (QED) is 0.104. The molecular formula is C43H39ClFN5O6. The van der Waals surface area contributed by atoms with Crippen molar-refractivity contribution in [2.45, 2.75) is 25.7 Å². The zero-order valence-corrected chi connectivity index (χ0v) is 31.7. The van der Waals surface area contributed by atoms with Gasteiger partial charge in [0.15, 0.2) is 0 Å². The molecule has 1 saturated carbocycles. The van der Waals surface area contributed by atoms with E-state index in [2.05, 4.69) is 10.2 Å². The van der Waals surface area contributed by atoms with E-state index < -0.39 is 52.6 Å². The molecule has 2 aliphatic carbocycles. The highest BCUT2D eigenvalue weighted by molar-refractivity contribution is 6.32. The monoisotopic (exact) mass is 775 g/mol. The number of aliphatic hydroxyl groups is 1. The van der Waals surface area contributed by atoms with Gasteiger partial charge in [-0.2, -0.15) is 10.2 Å². The predicted octanol–water partition coefficient (Wildman–Crippen LogP) is 7.77. The number of benzene rings is 4. The van der Waals surface area contributed by atoms with Crippen LogP contribution in [0.25, 0.3) is 0 Å². The Labute approximate surface area is 328 Å². The first kappa shape index (κ1) is 37.2. The van der Waals surface area contributed by atoms with Crippen LogP contribution in [0.4, 0.5) is 32.8 Å². The van der Waals surface area contributed by atoms with Gasteiger partial charge in [-0.25, -0.2) is 9.29 Å². The number of rotatable bonds is 9. The molecule has 0 spiro atoms. The van der Waals surface area contributed by atoms with Crippen LogP contribution in [0.5, 0.6) is 5.75 Å². The van der Waals surface area contributed by atoms with Crippen LogP contribution in [0, 0.1) is 34.9 Å². The van der Waals surface area contributed by atoms with Crippen LogP contribution < -0.4 is 19.4 Å². The second kappa shape index (κ2) is 14.4. The number of anilines is 3. The largest absolute Gasteiger partial charge is 0.491 e. The van der Waals surface area contributed by atoms with Gasteiger partial charge in [0, 0.05) is 25.7 Å². The van der Waals surface area contributed by atoms with Gasteiger partial charge in [-0.05, 0) is 110 Å². The van der Waals surface area contributed by atoms with Gasteiger partial charge in [0.2, 0.25) is 23.6 Å². The zero-order chi connectivity index (χ0) is 39.5. The summed E-state index contributed by atoms with van der Waals surface area (Å²) in [5.74, 6) is -5.22. The van der Waals surface area contributed by atoms with E-state index in [-0.39, 0.29) is 48.6 Å². The van der Waals surface area contributed by atoms with Crippen molar-refractivity contribution in [1.82, 2.24) is 0 Å². The fourth-order valence-electron chi connectivity index (χ4n) is 9.04. The van der Waals surface area contributed by atoms with Crippen molar-refractivity contribution in [2.75, 3.05) is 42.0 Å². The summed E-state index contributed by atoms with van der Waals surface area (Å²) in [6, 6.07) is 25.3. The highest BCUT2D eigenvalue weighted by Gasteiger charge is 2.67. The molecule has 286 valence electrons. The Morgan fingerprint density at radius 2 is 1.48 bits per heavy atom. The number of carbonyl (C=O) groups is 4. The third-order valence-electron chi connectivity index (χ3n) is 11.8. The number of halogens is 2. The fraction of sp³-hybridized carbons (Fsp3) is 0.302. The molecule has 6 unspecified atom stereocenters. The van der Waals surface area contributed by atoms with Crippen molar-refractivity contribution in [3.8, 4) is 5.75 Å². The lowest BCUT2D eigenvalue weighted by atomic mass is 9.51. The van der Waals surface area contributed by atoms with Gasteiger partial charge >= 0.3 is 0 Å². The lowest BCUT2D eigenvalue weighted by Gasteiger charge is -2.49. The molecule has 4 amide bonds. The first-order valence-corrected chi connectivity index (χ1v) is 18.8. The van der Waals surface area contributed by atoms with Crippen LogP contribution in [0.15, 0.2) is 113 Å². The maximum atomic E-state index is 14.7. The summed E-state index contributed by atoms with van der Waals surface area (Å²) in [5.41, 5.74) is 3.10. The number of aliphatic hydroxyl groups excluding tert-OH is 1. The van der Waals surface area contributed by atoms with Crippen LogP contribution in [-0.4, -0.2) is 56.0 Å². The second-order valence-corrected chi connectivity index (χ2v) is 15.4. The number of imide groups is 2. The molecule has 0 bridgehead atoms. The Balaban J connectivity index is 1.12. The van der Waals surface area contributed by atoms with E-state index in [9.17, 15) is 28.7 Å². The summed E-state index contributed by atoms with van der Waals surface area (Å²) >= 11 is 6.12. The fourth-order valence-corrected chi connectivity index (χ4v) is 9.22. The molecule has 13 heteroatoms. The Morgan fingerprint density at radius 3 is 2.11 bits per heavy atom. The molecule has 0 aromatic heterocycles. The summed E-state index contributed by atoms with van der Waals surface area (Å²) in [6.07, 6.45) is 2.42. The number of hydrogen-bond acceptors (Lipinski definition) is 9. The molecular weight excluding hydrogens is 737 g/mol. The SMILES string of the molecule is CN(C)c1ccc(N=Nc2ccc(N3C(=O)C4CC=C5C(CC6C(=O)N(c7ccc(F)c(Cl)c7)C(=O)C6(C)C5c5ccc(OCCO)cc5)C4C3=O)cc2)cc1. The molecule has 8 rings (SSSR count). The number of allylic oxidation sites excluding steroid dienone is 2. The average molecular weight is 776 g/mol. The van der Waals surface area contributed by atoms with Gasteiger partial charge in [-0.15, -0.1) is 0 Å². The molecule has 2 heterocycles. The standard InChI is InChI=1S/C43H39ClFN5O6/c1-43-34(40(53)50(42(43)55)29-14-19-36(45)35(44)22-29)23-33-31(38(43)24-4-15-30(16-5-24)56-21-20-51)17-18-32-37(33)41(54)49(39(32)52)28-12-8-26(9-13-28)47-46-25-6-10-27(11-7-25)48(2)3/h4-17,19,22,32-34,37-38,51H,18,20-21,23H2,1-3H3. The minimum atomic E-state index is -1.29. The van der Waals surface area contributed by atoms with E-state index in [1.165, 1.54) is 17.0 Å². The summed E-state index contributed by atoms with van der Waals surface area (Å²) < 4.78 is 19.8. The molecule has 11 nitrogen and oxygen atoms in total. The first-order chi connectivity index (χ1) is 26.9. The van der Waals surface area contributed by atoms with E-state index in [1.807, 2.05) is 61.5 Å². The lowest BCUT2D eigenvalue weighted by Crippen LogP contribution is -2.48. The van der Waals surface area contributed by atoms with E-state index in [0.29, 0.717) is 22.8 Å². The van der Waals surface area contributed by atoms with Crippen LogP contribution in [-0.2, 0) is 19.2 Å². The Bertz CT molecular complexity index is 2300. The number of hydrogen-bond donors (Lipinski definition) is 1. The van der Waals surface area contributed by atoms with Gasteiger partial charge in [-0.3, -0.25) is 24.1 Å². The minimum Gasteiger partial charge on any atom is -0.491 e. The van der Waals surface area contributed by atoms with Crippen molar-refractivity contribution in [3.05, 3.63) is 119 Å². The molecule has 2 saturated heterocycles. The molecule has 56 heavy (non-hydrogen) atoms. The van der Waals surface area contributed by atoms with Gasteiger partial charge in [0.1, 0.15) is 18.2 Å². The number of carbonyl (C=O) groups excluding carboxylic acids is 4. The van der Waals surface area contributed by atoms with Crippen molar-refractivity contribution < 1.29 is 33.4 Å². The number of nitrogens with zero attached hydrogens (tertiary/aromatic N) is 5. The maximum absolute atomic E-state index is 14.7. The van der Waals surface area contributed by atoms with E-state index in [0.717, 1.165) is 27.8 Å². The van der Waals surface area contributed by atoms with E-state index >= 15 is 0 Å². The number of azo groups is 1. The maximum Gasteiger partial charge on any atom is 0.241 e. The predicted molar refractivity (Wildman–Crippen MR) is 209 cm³/mol. The summed E-state index contributed by atoms with van der Waals surface area (Å²) in [6.45, 7) is 1.72. The molecule has 6 atom stereocenters. The highest BCUT2D eigenvalue weighted by atomic mass is 35.5. The molecule has 4 aliphatic rings. The van der Waals surface area contributed by atoms with Crippen molar-refractivity contribution >= 4 is 63.7 Å². The first-order valence-electron chi connectivity index (χ1n) is 18.5. The van der Waals surface area contributed by atoms with Crippen molar-refractivity contribution in [1.29, 1.82) is 0 Å². The second-order valence-electron chi connectivity index (χ2n) is 15.0. The summed E-state index contributed by atoms with van der Waals surface area (Å²) in [4.78, 5) is 62.0. The van der Waals surface area contributed by atoms with Crippen LogP contribution in [0.2, 0.25) is 5.02 Å². The van der Waals surface area contributed by atoms with Crippen LogP contribution in [0.3, 0.4) is 0 Å². The average Bonchev–Trinajstić information content (AvgIpc) is 3.57. The molecule has 1 N–H and O–H groups in total. The van der Waals surface area contributed by atoms with Crippen LogP contribution >= 0.6 is 11.6 Å². The Hall–Kier alpha value is -5.72. The van der Waals surface area contributed by atoms with Gasteiger partial charge in [0.25, 0.3) is 0 Å². The minimum absolute atomic E-state index is 0.103. The molecule has 2 aliphatic heterocycles. The topological polar surface area (TPSA) is 132 Å². The van der Waals surface area contributed by atoms with Crippen molar-refractivity contribution in [2.24, 2.45) is 39.3 Å². The molecule has 4 aromatic rings. The third kappa shape index (κ3) is 6.08. The van der Waals surface area contributed by atoms with Gasteiger partial charge < -0.3 is 14.7 Å². The lowest BCUT2D eigenvalue weighted by molar-refractivity contribution is -0.131. The third-order valence-corrected chi connectivity index (χ3v) is 12.1. The van der Waals surface area contributed by atoms with E-state index in [4.69, 9.17) is 16.3 Å². The van der Waals surface area contributed by atoms with E-state index in [1.54, 1.807) is 43.3 Å². The van der Waals surface area contributed by atoms with Gasteiger partial charge in [0.05, 0.1) is 57.5 Å². The van der Waals surface area contributed by atoms with Crippen molar-refractivity contribution in [3.63, 3.8) is 0 Å². The Kier molecular flexibility index (Phi) is 9.58. The number of fused-ring (bicyclic) bond motifs is 4. The van der Waals surface area contributed by atoms with Gasteiger partial charge in [-0.1, -0.05) is 35.4 Å².